The molecule has 2 rings (SSSR count). The first-order valence-electron chi connectivity index (χ1n) is 7.07. The third kappa shape index (κ3) is 3.16. The van der Waals surface area contributed by atoms with Crippen LogP contribution in [0.4, 0.5) is 0 Å². The molecule has 4 nitrogen and oxygen atoms in total. The molecule has 0 radical (unpaired) electrons. The molecule has 1 unspecified atom stereocenters. The lowest BCUT2D eigenvalue weighted by molar-refractivity contribution is 0.377. The van der Waals surface area contributed by atoms with E-state index in [-0.39, 0.29) is 6.04 Å². The van der Waals surface area contributed by atoms with Gasteiger partial charge >= 0.3 is 0 Å². The van der Waals surface area contributed by atoms with E-state index in [1.807, 2.05) is 36.7 Å². The van der Waals surface area contributed by atoms with Gasteiger partial charge in [-0.15, -0.1) is 0 Å². The molecule has 0 aliphatic rings. The molecule has 21 heavy (non-hydrogen) atoms. The minimum Gasteiger partial charge on any atom is -0.496 e. The maximum Gasteiger partial charge on any atom is 0.127 e. The summed E-state index contributed by atoms with van der Waals surface area (Å²) >= 11 is 0. The van der Waals surface area contributed by atoms with E-state index >= 15 is 0 Å². The minimum absolute atomic E-state index is 0.00380. The first kappa shape index (κ1) is 15.3. The van der Waals surface area contributed by atoms with Gasteiger partial charge in [0.15, 0.2) is 0 Å². The Morgan fingerprint density at radius 3 is 2.33 bits per heavy atom. The monoisotopic (exact) mass is 286 g/mol. The standard InChI is InChI=1S/C17H22N2O2/c1-5-19-17(13-9-10-18-11-12(13)2)16-14(20-3)7-6-8-15(16)21-4/h6-11,17,19H,5H2,1-4H3. The van der Waals surface area contributed by atoms with E-state index < -0.39 is 0 Å². The van der Waals surface area contributed by atoms with Crippen molar-refractivity contribution < 1.29 is 9.47 Å². The Bertz CT molecular complexity index is 577. The number of aryl methyl sites for hydroxylation is 1. The fraction of sp³-hybridized carbons (Fsp3) is 0.353. The number of ether oxygens (including phenoxy) is 2. The highest BCUT2D eigenvalue weighted by atomic mass is 16.5. The molecule has 2 aromatic rings. The number of hydrogen-bond acceptors (Lipinski definition) is 4. The average Bonchev–Trinajstić information content (AvgIpc) is 2.52. The third-order valence-corrected chi connectivity index (χ3v) is 3.54. The van der Waals surface area contributed by atoms with Crippen LogP contribution in [0.3, 0.4) is 0 Å². The fourth-order valence-electron chi connectivity index (χ4n) is 2.54. The molecule has 4 heteroatoms. The van der Waals surface area contributed by atoms with Crippen molar-refractivity contribution in [3.8, 4) is 11.5 Å². The normalized spacial score (nSPS) is 12.0. The second-order valence-electron chi connectivity index (χ2n) is 4.80. The van der Waals surface area contributed by atoms with Crippen LogP contribution in [0.25, 0.3) is 0 Å². The summed E-state index contributed by atoms with van der Waals surface area (Å²) in [6.45, 7) is 4.99. The summed E-state index contributed by atoms with van der Waals surface area (Å²) in [5.41, 5.74) is 3.32. The molecule has 1 atom stereocenters. The zero-order valence-corrected chi connectivity index (χ0v) is 13.0. The van der Waals surface area contributed by atoms with Crippen LogP contribution >= 0.6 is 0 Å². The van der Waals surface area contributed by atoms with Gasteiger partial charge in [-0.25, -0.2) is 0 Å². The van der Waals surface area contributed by atoms with E-state index in [1.54, 1.807) is 14.2 Å². The molecule has 0 saturated carbocycles. The quantitative estimate of drug-likeness (QED) is 0.886. The van der Waals surface area contributed by atoms with Gasteiger partial charge in [-0.3, -0.25) is 4.98 Å². The second-order valence-corrected chi connectivity index (χ2v) is 4.80. The predicted molar refractivity (Wildman–Crippen MR) is 84.0 cm³/mol. The summed E-state index contributed by atoms with van der Waals surface area (Å²) in [7, 11) is 3.36. The maximum absolute atomic E-state index is 5.54. The van der Waals surface area contributed by atoms with E-state index in [9.17, 15) is 0 Å². The van der Waals surface area contributed by atoms with Crippen LogP contribution in [0, 0.1) is 6.92 Å². The number of benzene rings is 1. The topological polar surface area (TPSA) is 43.4 Å². The van der Waals surface area contributed by atoms with E-state index in [4.69, 9.17) is 9.47 Å². The highest BCUT2D eigenvalue weighted by Gasteiger charge is 2.23. The Balaban J connectivity index is 2.61. The Morgan fingerprint density at radius 1 is 1.14 bits per heavy atom. The van der Waals surface area contributed by atoms with Crippen molar-refractivity contribution in [1.82, 2.24) is 10.3 Å². The van der Waals surface area contributed by atoms with Gasteiger partial charge in [0.05, 0.1) is 25.8 Å². The van der Waals surface area contributed by atoms with Crippen LogP contribution in [-0.2, 0) is 0 Å². The van der Waals surface area contributed by atoms with Crippen molar-refractivity contribution in [1.29, 1.82) is 0 Å². The van der Waals surface area contributed by atoms with Gasteiger partial charge in [-0.2, -0.15) is 0 Å². The molecule has 0 aliphatic carbocycles. The van der Waals surface area contributed by atoms with Crippen molar-refractivity contribution >= 4 is 0 Å². The largest absolute Gasteiger partial charge is 0.496 e. The van der Waals surface area contributed by atoms with E-state index in [2.05, 4.69) is 24.1 Å². The summed E-state index contributed by atoms with van der Waals surface area (Å²) in [5.74, 6) is 1.63. The summed E-state index contributed by atoms with van der Waals surface area (Å²) < 4.78 is 11.1. The fourth-order valence-corrected chi connectivity index (χ4v) is 2.54. The lowest BCUT2D eigenvalue weighted by Crippen LogP contribution is -2.24. The van der Waals surface area contributed by atoms with Crippen LogP contribution in [0.5, 0.6) is 11.5 Å². The molecule has 0 fully saturated rings. The van der Waals surface area contributed by atoms with Crippen LogP contribution in [0.2, 0.25) is 0 Å². The van der Waals surface area contributed by atoms with Gasteiger partial charge < -0.3 is 14.8 Å². The lowest BCUT2D eigenvalue weighted by atomic mass is 9.94. The molecule has 1 aromatic heterocycles. The number of pyridine rings is 1. The maximum atomic E-state index is 5.54. The first-order chi connectivity index (χ1) is 10.2. The highest BCUT2D eigenvalue weighted by Crippen LogP contribution is 2.37. The number of nitrogens with one attached hydrogen (secondary N) is 1. The van der Waals surface area contributed by atoms with Gasteiger partial charge in [0, 0.05) is 12.4 Å². The minimum atomic E-state index is 0.00380. The molecule has 1 N–H and O–H groups in total. The third-order valence-electron chi connectivity index (χ3n) is 3.54. The molecular weight excluding hydrogens is 264 g/mol. The van der Waals surface area contributed by atoms with E-state index in [0.29, 0.717) is 0 Å². The van der Waals surface area contributed by atoms with Gasteiger partial charge in [0.1, 0.15) is 11.5 Å². The Labute approximate surface area is 126 Å². The van der Waals surface area contributed by atoms with Gasteiger partial charge in [0.2, 0.25) is 0 Å². The van der Waals surface area contributed by atoms with Crippen LogP contribution < -0.4 is 14.8 Å². The molecule has 1 heterocycles. The van der Waals surface area contributed by atoms with Gasteiger partial charge in [-0.05, 0) is 42.8 Å². The average molecular weight is 286 g/mol. The molecule has 0 aliphatic heterocycles. The Kier molecular flexibility index (Phi) is 5.17. The first-order valence-corrected chi connectivity index (χ1v) is 7.07. The van der Waals surface area contributed by atoms with Crippen molar-refractivity contribution in [3.05, 3.63) is 53.3 Å². The van der Waals surface area contributed by atoms with Gasteiger partial charge in [0.25, 0.3) is 0 Å². The number of hydrogen-bond donors (Lipinski definition) is 1. The number of rotatable bonds is 6. The number of nitrogens with zero attached hydrogens (tertiary/aromatic N) is 1. The summed E-state index contributed by atoms with van der Waals surface area (Å²) in [4.78, 5) is 4.18. The Hall–Kier alpha value is -2.07. The zero-order chi connectivity index (χ0) is 15.2. The van der Waals surface area contributed by atoms with Crippen molar-refractivity contribution in [2.75, 3.05) is 20.8 Å². The molecule has 112 valence electrons. The van der Waals surface area contributed by atoms with Crippen LogP contribution in [0.15, 0.2) is 36.7 Å². The second kappa shape index (κ2) is 7.09. The highest BCUT2D eigenvalue weighted by molar-refractivity contribution is 5.51. The van der Waals surface area contributed by atoms with Crippen molar-refractivity contribution in [2.45, 2.75) is 19.9 Å². The van der Waals surface area contributed by atoms with E-state index in [1.165, 1.54) is 5.56 Å². The smallest absolute Gasteiger partial charge is 0.127 e. The Morgan fingerprint density at radius 2 is 1.81 bits per heavy atom. The lowest BCUT2D eigenvalue weighted by Gasteiger charge is -2.24. The molecule has 0 bridgehead atoms. The predicted octanol–water partition coefficient (Wildman–Crippen LogP) is 3.11. The summed E-state index contributed by atoms with van der Waals surface area (Å²) in [6, 6.07) is 7.89. The molecule has 1 aromatic carbocycles. The number of aromatic nitrogens is 1. The van der Waals surface area contributed by atoms with Crippen LogP contribution in [-0.4, -0.2) is 25.7 Å². The zero-order valence-electron chi connectivity index (χ0n) is 13.0. The molecule has 0 spiro atoms. The summed E-state index contributed by atoms with van der Waals surface area (Å²) in [5, 5.41) is 3.52. The summed E-state index contributed by atoms with van der Waals surface area (Å²) in [6.07, 6.45) is 3.69. The molecule has 0 amide bonds. The van der Waals surface area contributed by atoms with Crippen LogP contribution in [0.1, 0.15) is 29.7 Å². The molecular formula is C17H22N2O2. The molecule has 0 saturated heterocycles. The van der Waals surface area contributed by atoms with E-state index in [0.717, 1.165) is 29.2 Å². The SMILES string of the molecule is CCNC(c1ccncc1C)c1c(OC)cccc1OC. The van der Waals surface area contributed by atoms with Gasteiger partial charge in [-0.1, -0.05) is 13.0 Å². The van der Waals surface area contributed by atoms with Crippen molar-refractivity contribution in [2.24, 2.45) is 0 Å². The van der Waals surface area contributed by atoms with Crippen molar-refractivity contribution in [3.63, 3.8) is 0 Å². The number of methoxy groups -OCH3 is 2.